The molecule has 1 heterocycles. The van der Waals surface area contributed by atoms with Crippen molar-refractivity contribution in [3.05, 3.63) is 11.4 Å². The van der Waals surface area contributed by atoms with Gasteiger partial charge in [-0.1, -0.05) is 0 Å². The van der Waals surface area contributed by atoms with Crippen LogP contribution in [0.2, 0.25) is 0 Å². The third-order valence-corrected chi connectivity index (χ3v) is 2.61. The van der Waals surface area contributed by atoms with Crippen molar-refractivity contribution in [1.82, 2.24) is 9.76 Å². The molecule has 3 heteroatoms. The van der Waals surface area contributed by atoms with E-state index < -0.39 is 0 Å². The highest BCUT2D eigenvalue weighted by Crippen LogP contribution is 2.27. The number of nitrogens with zero attached hydrogens (tertiary/aromatic N) is 1. The first-order valence-corrected chi connectivity index (χ1v) is 3.59. The second-order valence-electron chi connectivity index (χ2n) is 2.01. The molecular weight excluding hydrogens is 119 g/mol. The van der Waals surface area contributed by atoms with Crippen molar-refractivity contribution in [2.24, 2.45) is 0 Å². The third kappa shape index (κ3) is 0.805. The number of allylic oxidation sites excluding steroid dienone is 2. The molecule has 1 aliphatic heterocycles. The van der Waals surface area contributed by atoms with Crippen molar-refractivity contribution < 1.29 is 0 Å². The van der Waals surface area contributed by atoms with Crippen LogP contribution in [0.15, 0.2) is 11.4 Å². The Hall–Kier alpha value is -0.230. The lowest BCUT2D eigenvalue weighted by Crippen LogP contribution is -1.98. The van der Waals surface area contributed by atoms with Gasteiger partial charge in [0.1, 0.15) is 0 Å². The van der Waals surface area contributed by atoms with Gasteiger partial charge in [-0.25, -0.2) is 0 Å². The fourth-order valence-electron chi connectivity index (χ4n) is 0.594. The Balaban J connectivity index is 2.71. The van der Waals surface area contributed by atoms with Crippen LogP contribution in [0.3, 0.4) is 0 Å². The van der Waals surface area contributed by atoms with Gasteiger partial charge in [0, 0.05) is 18.4 Å². The van der Waals surface area contributed by atoms with Crippen LogP contribution in [0.1, 0.15) is 13.8 Å². The first-order chi connectivity index (χ1) is 3.72. The van der Waals surface area contributed by atoms with Crippen LogP contribution in [0, 0.1) is 0 Å². The zero-order chi connectivity index (χ0) is 6.15. The van der Waals surface area contributed by atoms with Gasteiger partial charge in [-0.15, -0.1) is 0 Å². The minimum atomic E-state index is 0.752. The predicted octanol–water partition coefficient (Wildman–Crippen LogP) is 1.28. The SMILES string of the molecule is CC1=C(C)N(C)PN1. The first-order valence-electron chi connectivity index (χ1n) is 2.64. The van der Waals surface area contributed by atoms with E-state index in [2.05, 4.69) is 30.7 Å². The molecule has 46 valence electrons. The number of hydrogen-bond donors (Lipinski definition) is 1. The quantitative estimate of drug-likeness (QED) is 0.497. The highest BCUT2D eigenvalue weighted by Gasteiger charge is 2.09. The molecule has 2 nitrogen and oxygen atoms in total. The molecule has 0 saturated heterocycles. The van der Waals surface area contributed by atoms with E-state index in [0.717, 1.165) is 8.88 Å². The number of nitrogens with one attached hydrogen (secondary N) is 1. The van der Waals surface area contributed by atoms with Crippen molar-refractivity contribution >= 4 is 8.88 Å². The van der Waals surface area contributed by atoms with Crippen molar-refractivity contribution in [2.75, 3.05) is 7.05 Å². The Kier molecular flexibility index (Phi) is 1.43. The van der Waals surface area contributed by atoms with Gasteiger partial charge in [0.05, 0.1) is 8.88 Å². The summed E-state index contributed by atoms with van der Waals surface area (Å²) in [5.74, 6) is 0. The standard InChI is InChI=1S/C5H11N2P/c1-4-5(2)7(3)8-6-4/h6,8H,1-3H3. The molecule has 0 aromatic carbocycles. The van der Waals surface area contributed by atoms with Crippen LogP contribution in [-0.2, 0) is 0 Å². The number of rotatable bonds is 0. The summed E-state index contributed by atoms with van der Waals surface area (Å²) in [6.07, 6.45) is 0. The Morgan fingerprint density at radius 2 is 2.12 bits per heavy atom. The molecule has 1 rings (SSSR count). The maximum Gasteiger partial charge on any atom is 0.0764 e. The Bertz CT molecular complexity index is 130. The van der Waals surface area contributed by atoms with Crippen LogP contribution >= 0.6 is 8.88 Å². The largest absolute Gasteiger partial charge is 0.352 e. The lowest BCUT2D eigenvalue weighted by atomic mass is 10.4. The van der Waals surface area contributed by atoms with E-state index in [1.807, 2.05) is 0 Å². The van der Waals surface area contributed by atoms with Gasteiger partial charge in [-0.05, 0) is 13.8 Å². The van der Waals surface area contributed by atoms with Gasteiger partial charge in [0.2, 0.25) is 0 Å². The summed E-state index contributed by atoms with van der Waals surface area (Å²) in [5, 5.41) is 3.25. The molecule has 0 aliphatic carbocycles. The minimum absolute atomic E-state index is 0.752. The minimum Gasteiger partial charge on any atom is -0.352 e. The lowest BCUT2D eigenvalue weighted by Gasteiger charge is -2.08. The topological polar surface area (TPSA) is 15.3 Å². The fraction of sp³-hybridized carbons (Fsp3) is 0.600. The molecule has 0 radical (unpaired) electrons. The maximum absolute atomic E-state index is 3.25. The van der Waals surface area contributed by atoms with Crippen molar-refractivity contribution in [3.8, 4) is 0 Å². The average molecular weight is 130 g/mol. The van der Waals surface area contributed by atoms with Crippen LogP contribution in [0.4, 0.5) is 0 Å². The van der Waals surface area contributed by atoms with E-state index in [0.29, 0.717) is 0 Å². The summed E-state index contributed by atoms with van der Waals surface area (Å²) >= 11 is 0. The Morgan fingerprint density at radius 3 is 2.25 bits per heavy atom. The van der Waals surface area contributed by atoms with Crippen LogP contribution in [-0.4, -0.2) is 11.7 Å². The van der Waals surface area contributed by atoms with Crippen LogP contribution in [0.5, 0.6) is 0 Å². The zero-order valence-electron chi connectivity index (χ0n) is 5.45. The van der Waals surface area contributed by atoms with Gasteiger partial charge in [0.15, 0.2) is 0 Å². The summed E-state index contributed by atoms with van der Waals surface area (Å²) in [6.45, 7) is 4.23. The highest BCUT2D eigenvalue weighted by molar-refractivity contribution is 7.33. The van der Waals surface area contributed by atoms with Crippen molar-refractivity contribution in [3.63, 3.8) is 0 Å². The highest BCUT2D eigenvalue weighted by atomic mass is 31.1. The van der Waals surface area contributed by atoms with Gasteiger partial charge in [0.25, 0.3) is 0 Å². The number of hydrogen-bond acceptors (Lipinski definition) is 2. The lowest BCUT2D eigenvalue weighted by molar-refractivity contribution is 0.701. The Labute approximate surface area is 51.8 Å². The molecule has 0 bridgehead atoms. The van der Waals surface area contributed by atoms with E-state index in [1.165, 1.54) is 11.4 Å². The van der Waals surface area contributed by atoms with Crippen LogP contribution in [0.25, 0.3) is 0 Å². The van der Waals surface area contributed by atoms with E-state index >= 15 is 0 Å². The second-order valence-corrected chi connectivity index (χ2v) is 3.15. The summed E-state index contributed by atoms with van der Waals surface area (Å²) in [5.41, 5.74) is 2.68. The molecule has 1 atom stereocenters. The summed E-state index contributed by atoms with van der Waals surface area (Å²) in [6, 6.07) is 0. The van der Waals surface area contributed by atoms with E-state index in [9.17, 15) is 0 Å². The molecule has 0 fully saturated rings. The van der Waals surface area contributed by atoms with Crippen molar-refractivity contribution in [1.29, 1.82) is 0 Å². The van der Waals surface area contributed by atoms with Crippen molar-refractivity contribution in [2.45, 2.75) is 13.8 Å². The van der Waals surface area contributed by atoms with E-state index in [-0.39, 0.29) is 0 Å². The molecular formula is C5H11N2P. The summed E-state index contributed by atoms with van der Waals surface area (Å²) < 4.78 is 2.22. The van der Waals surface area contributed by atoms with Gasteiger partial charge in [-0.2, -0.15) is 0 Å². The predicted molar refractivity (Wildman–Crippen MR) is 37.6 cm³/mol. The van der Waals surface area contributed by atoms with Gasteiger partial charge >= 0.3 is 0 Å². The maximum atomic E-state index is 3.25. The zero-order valence-corrected chi connectivity index (χ0v) is 6.45. The molecule has 0 spiro atoms. The summed E-state index contributed by atoms with van der Waals surface area (Å²) in [4.78, 5) is 0. The van der Waals surface area contributed by atoms with Gasteiger partial charge < -0.3 is 9.76 Å². The molecule has 0 aromatic heterocycles. The van der Waals surface area contributed by atoms with E-state index in [1.54, 1.807) is 0 Å². The monoisotopic (exact) mass is 130 g/mol. The normalized spacial score (nSPS) is 22.6. The fourth-order valence-corrected chi connectivity index (χ4v) is 1.45. The molecule has 0 saturated carbocycles. The molecule has 0 amide bonds. The molecule has 8 heavy (non-hydrogen) atoms. The molecule has 1 unspecified atom stereocenters. The average Bonchev–Trinajstić information content (AvgIpc) is 1.98. The van der Waals surface area contributed by atoms with Crippen LogP contribution < -0.4 is 5.09 Å². The molecule has 1 N–H and O–H groups in total. The Morgan fingerprint density at radius 1 is 1.50 bits per heavy atom. The first kappa shape index (κ1) is 5.90. The molecule has 1 aliphatic rings. The second kappa shape index (κ2) is 1.94. The summed E-state index contributed by atoms with van der Waals surface area (Å²) in [7, 11) is 2.85. The smallest absolute Gasteiger partial charge is 0.0764 e. The third-order valence-electron chi connectivity index (χ3n) is 1.46. The van der Waals surface area contributed by atoms with E-state index in [4.69, 9.17) is 0 Å². The molecule has 0 aromatic rings. The van der Waals surface area contributed by atoms with Gasteiger partial charge in [-0.3, -0.25) is 0 Å².